The summed E-state index contributed by atoms with van der Waals surface area (Å²) in [5, 5.41) is 38.0. The van der Waals surface area contributed by atoms with Crippen LogP contribution in [0.2, 0.25) is 0 Å². The van der Waals surface area contributed by atoms with Crippen LogP contribution in [0.5, 0.6) is 0 Å². The molecular formula is C22H32N2O4. The van der Waals surface area contributed by atoms with Crippen molar-refractivity contribution in [3.8, 4) is 0 Å². The van der Waals surface area contributed by atoms with Crippen LogP contribution in [-0.2, 0) is 4.84 Å². The van der Waals surface area contributed by atoms with Crippen molar-refractivity contribution in [2.24, 2.45) is 38.9 Å². The molecule has 4 rings (SSSR count). The molecule has 6 heteroatoms. The number of hydrogen-bond donors (Lipinski definition) is 3. The normalized spacial score (nSPS) is 47.0. The number of fused-ring (bicyclic) bond motifs is 5. The minimum atomic E-state index is -0.720. The molecule has 0 aromatic carbocycles. The monoisotopic (exact) mass is 388 g/mol. The first-order valence-electron chi connectivity index (χ1n) is 10.3. The molecule has 0 saturated heterocycles. The molecule has 3 N–H and O–H groups in total. The summed E-state index contributed by atoms with van der Waals surface area (Å²) >= 11 is 0. The fraction of sp³-hybridized carbons (Fsp3) is 0.727. The number of allylic oxidation sites excluding steroid dienone is 4. The van der Waals surface area contributed by atoms with Crippen LogP contribution < -0.4 is 0 Å². The lowest BCUT2D eigenvalue weighted by Gasteiger charge is -2.56. The highest BCUT2D eigenvalue weighted by Gasteiger charge is 2.58. The highest BCUT2D eigenvalue weighted by atomic mass is 16.6. The number of rotatable bonds is 2. The second-order valence-corrected chi connectivity index (χ2v) is 9.59. The number of aliphatic hydroxyl groups excluding tert-OH is 2. The van der Waals surface area contributed by atoms with Crippen molar-refractivity contribution in [3.63, 3.8) is 0 Å². The second-order valence-electron chi connectivity index (χ2n) is 9.59. The maximum absolute atomic E-state index is 10.5. The zero-order valence-electron chi connectivity index (χ0n) is 17.2. The first-order chi connectivity index (χ1) is 13.3. The van der Waals surface area contributed by atoms with Gasteiger partial charge < -0.3 is 20.3 Å². The van der Waals surface area contributed by atoms with Gasteiger partial charge in [0.2, 0.25) is 0 Å². The number of nitrogens with zero attached hydrogens (tertiary/aromatic N) is 2. The lowest BCUT2D eigenvalue weighted by Crippen LogP contribution is -2.55. The average molecular weight is 389 g/mol. The highest BCUT2D eigenvalue weighted by molar-refractivity contribution is 6.00. The van der Waals surface area contributed by atoms with Crippen LogP contribution in [0.15, 0.2) is 33.6 Å². The van der Waals surface area contributed by atoms with E-state index < -0.39 is 12.2 Å². The maximum Gasteiger partial charge on any atom is 0.106 e. The summed E-state index contributed by atoms with van der Waals surface area (Å²) in [4.78, 5) is 5.16. The summed E-state index contributed by atoms with van der Waals surface area (Å²) in [7, 11) is 1.56. The molecule has 2 fully saturated rings. The van der Waals surface area contributed by atoms with E-state index in [1.807, 2.05) is 6.92 Å². The lowest BCUT2D eigenvalue weighted by molar-refractivity contribution is -0.0831. The molecule has 1 unspecified atom stereocenters. The summed E-state index contributed by atoms with van der Waals surface area (Å²) in [6.07, 6.45) is 7.05. The zero-order valence-corrected chi connectivity index (χ0v) is 17.2. The molecule has 0 bridgehead atoms. The van der Waals surface area contributed by atoms with Gasteiger partial charge in [0, 0.05) is 17.3 Å². The summed E-state index contributed by atoms with van der Waals surface area (Å²) in [6, 6.07) is 0. The molecule has 0 amide bonds. The fourth-order valence-electron chi connectivity index (χ4n) is 6.72. The van der Waals surface area contributed by atoms with Gasteiger partial charge >= 0.3 is 0 Å². The molecule has 0 spiro atoms. The van der Waals surface area contributed by atoms with Gasteiger partial charge in [0.1, 0.15) is 7.11 Å². The highest BCUT2D eigenvalue weighted by Crippen LogP contribution is 2.63. The van der Waals surface area contributed by atoms with Gasteiger partial charge in [-0.15, -0.1) is 0 Å². The summed E-state index contributed by atoms with van der Waals surface area (Å²) in [6.45, 7) is 6.43. The largest absolute Gasteiger partial charge is 0.411 e. The zero-order chi connectivity index (χ0) is 20.3. The lowest BCUT2D eigenvalue weighted by atomic mass is 9.48. The van der Waals surface area contributed by atoms with Crippen molar-refractivity contribution in [3.05, 3.63) is 23.3 Å². The Labute approximate surface area is 166 Å². The van der Waals surface area contributed by atoms with Crippen LogP contribution in [0, 0.1) is 28.6 Å². The van der Waals surface area contributed by atoms with Gasteiger partial charge in [0.05, 0.1) is 23.6 Å². The Morgan fingerprint density at radius 2 is 1.96 bits per heavy atom. The predicted molar refractivity (Wildman–Crippen MR) is 107 cm³/mol. The Morgan fingerprint density at radius 1 is 1.21 bits per heavy atom. The van der Waals surface area contributed by atoms with E-state index in [2.05, 4.69) is 36.3 Å². The van der Waals surface area contributed by atoms with E-state index in [1.54, 1.807) is 7.11 Å². The first kappa shape index (κ1) is 19.6. The van der Waals surface area contributed by atoms with E-state index in [4.69, 9.17) is 4.84 Å². The minimum absolute atomic E-state index is 0.0488. The topological polar surface area (TPSA) is 94.6 Å². The second kappa shape index (κ2) is 6.70. The molecule has 154 valence electrons. The van der Waals surface area contributed by atoms with Gasteiger partial charge in [0.25, 0.3) is 0 Å². The molecule has 0 aliphatic heterocycles. The standard InChI is InChI=1S/C22H32N2O4/c1-12(23-27)14-5-6-15-13-9-18(24-28-4)17-10-19(25)20(26)11-22(17,3)16(13)7-8-21(14,15)2/h6,9,14,16-17,19-20,25-27H,5,7-8,10-11H2,1-4H3/b23-12-,24-18-/t14-,16?,17+,19-,20+,21-,22-/m1/s1. The van der Waals surface area contributed by atoms with E-state index in [0.29, 0.717) is 18.8 Å². The number of hydrogen-bond acceptors (Lipinski definition) is 6. The predicted octanol–water partition coefficient (Wildman–Crippen LogP) is 3.28. The van der Waals surface area contributed by atoms with Gasteiger partial charge in [-0.3, -0.25) is 0 Å². The average Bonchev–Trinajstić information content (AvgIpc) is 3.01. The fourth-order valence-corrected chi connectivity index (χ4v) is 6.72. The Bertz CT molecular complexity index is 785. The Balaban J connectivity index is 1.80. The van der Waals surface area contributed by atoms with Crippen LogP contribution in [0.4, 0.5) is 0 Å². The van der Waals surface area contributed by atoms with Crippen molar-refractivity contribution < 1.29 is 20.3 Å². The van der Waals surface area contributed by atoms with Gasteiger partial charge in [-0.2, -0.15) is 0 Å². The third kappa shape index (κ3) is 2.61. The molecule has 28 heavy (non-hydrogen) atoms. The molecule has 0 radical (unpaired) electrons. The Kier molecular flexibility index (Phi) is 4.70. The van der Waals surface area contributed by atoms with Gasteiger partial charge in [-0.25, -0.2) is 0 Å². The van der Waals surface area contributed by atoms with Crippen molar-refractivity contribution >= 4 is 11.4 Å². The molecule has 0 heterocycles. The minimum Gasteiger partial charge on any atom is -0.411 e. The van der Waals surface area contributed by atoms with Crippen molar-refractivity contribution in [1.82, 2.24) is 0 Å². The first-order valence-corrected chi connectivity index (χ1v) is 10.3. The summed E-state index contributed by atoms with van der Waals surface area (Å²) in [5.74, 6) is 0.601. The van der Waals surface area contributed by atoms with Crippen molar-refractivity contribution in [2.75, 3.05) is 7.11 Å². The van der Waals surface area contributed by atoms with Crippen LogP contribution in [0.3, 0.4) is 0 Å². The molecule has 4 aliphatic rings. The van der Waals surface area contributed by atoms with E-state index in [1.165, 1.54) is 11.1 Å². The third-order valence-corrected chi connectivity index (χ3v) is 8.26. The molecule has 2 saturated carbocycles. The molecule has 0 aromatic heterocycles. The van der Waals surface area contributed by atoms with Crippen LogP contribution in [0.25, 0.3) is 0 Å². The quantitative estimate of drug-likeness (QED) is 0.384. The summed E-state index contributed by atoms with van der Waals surface area (Å²) < 4.78 is 0. The maximum atomic E-state index is 10.5. The summed E-state index contributed by atoms with van der Waals surface area (Å²) in [5.41, 5.74) is 4.06. The molecule has 6 nitrogen and oxygen atoms in total. The van der Waals surface area contributed by atoms with Crippen LogP contribution in [-0.4, -0.2) is 46.2 Å². The van der Waals surface area contributed by atoms with Gasteiger partial charge in [0.15, 0.2) is 0 Å². The van der Waals surface area contributed by atoms with Gasteiger partial charge in [-0.1, -0.05) is 30.2 Å². The van der Waals surface area contributed by atoms with E-state index in [9.17, 15) is 15.4 Å². The smallest absolute Gasteiger partial charge is 0.106 e. The Morgan fingerprint density at radius 3 is 2.64 bits per heavy atom. The number of aliphatic hydroxyl groups is 2. The van der Waals surface area contributed by atoms with Crippen LogP contribution >= 0.6 is 0 Å². The van der Waals surface area contributed by atoms with Crippen molar-refractivity contribution in [2.45, 2.75) is 65.1 Å². The van der Waals surface area contributed by atoms with E-state index in [0.717, 1.165) is 30.7 Å². The molecular weight excluding hydrogens is 356 g/mol. The molecule has 4 aliphatic carbocycles. The molecule has 7 atom stereocenters. The van der Waals surface area contributed by atoms with Crippen molar-refractivity contribution in [1.29, 1.82) is 0 Å². The van der Waals surface area contributed by atoms with E-state index >= 15 is 0 Å². The van der Waals surface area contributed by atoms with E-state index in [-0.39, 0.29) is 22.7 Å². The third-order valence-electron chi connectivity index (χ3n) is 8.26. The van der Waals surface area contributed by atoms with Gasteiger partial charge in [-0.05, 0) is 67.6 Å². The van der Waals surface area contributed by atoms with Crippen LogP contribution in [0.1, 0.15) is 52.9 Å². The molecule has 0 aromatic rings. The number of oxime groups is 2. The Hall–Kier alpha value is -1.66. The SMILES string of the molecule is CO/N=C1/C=C2C3=CC[C@H](/C(C)=N\O)[C@@]3(C)CCC2[C@@]2(C)C[C@H](O)[C@H](O)C[C@@H]12.